The lowest BCUT2D eigenvalue weighted by molar-refractivity contribution is -0.132. The highest BCUT2D eigenvalue weighted by Crippen LogP contribution is 2.25. The van der Waals surface area contributed by atoms with Gasteiger partial charge < -0.3 is 15.1 Å². The number of nitrogens with one attached hydrogen (secondary N) is 1. The van der Waals surface area contributed by atoms with Gasteiger partial charge in [0.15, 0.2) is 0 Å². The van der Waals surface area contributed by atoms with Crippen molar-refractivity contribution in [3.63, 3.8) is 0 Å². The van der Waals surface area contributed by atoms with Crippen LogP contribution in [0.5, 0.6) is 0 Å². The van der Waals surface area contributed by atoms with Crippen molar-refractivity contribution in [2.45, 2.75) is 32.6 Å². The Morgan fingerprint density at radius 2 is 1.92 bits per heavy atom. The van der Waals surface area contributed by atoms with E-state index >= 15 is 0 Å². The topological polar surface area (TPSA) is 52.7 Å². The minimum Gasteiger partial charge on any atom is -0.341 e. The normalized spacial score (nSPS) is 21.0. The average Bonchev–Trinajstić information content (AvgIpc) is 3.06. The molecule has 2 aliphatic rings. The van der Waals surface area contributed by atoms with Gasteiger partial charge in [0.25, 0.3) is 5.91 Å². The minimum absolute atomic E-state index is 0.0959. The third-order valence-electron chi connectivity index (χ3n) is 5.59. The number of hydrogen-bond acceptors (Lipinski definition) is 4. The summed E-state index contributed by atoms with van der Waals surface area (Å²) in [4.78, 5) is 29.1. The number of amides is 2. The van der Waals surface area contributed by atoms with Gasteiger partial charge in [0.2, 0.25) is 5.91 Å². The number of rotatable bonds is 4. The SMILES string of the molecule is CC(CC(=O)N1CCCN(C(=O)c2ccsc2)CC1)C1CCNCC1. The van der Waals surface area contributed by atoms with Gasteiger partial charge in [-0.05, 0) is 55.6 Å². The molecule has 0 saturated carbocycles. The molecule has 0 spiro atoms. The van der Waals surface area contributed by atoms with Gasteiger partial charge in [0, 0.05) is 38.0 Å². The predicted octanol–water partition coefficient (Wildman–Crippen LogP) is 2.45. The predicted molar refractivity (Wildman–Crippen MR) is 101 cm³/mol. The lowest BCUT2D eigenvalue weighted by atomic mass is 9.84. The van der Waals surface area contributed by atoms with Crippen LogP contribution in [0.2, 0.25) is 0 Å². The fourth-order valence-electron chi connectivity index (χ4n) is 3.92. The first-order valence-electron chi connectivity index (χ1n) is 9.45. The Balaban J connectivity index is 1.50. The number of piperidine rings is 1. The molecule has 3 rings (SSSR count). The second-order valence-corrected chi connectivity index (χ2v) is 8.09. The maximum absolute atomic E-state index is 12.7. The Labute approximate surface area is 154 Å². The monoisotopic (exact) mass is 363 g/mol. The molecule has 6 heteroatoms. The van der Waals surface area contributed by atoms with Gasteiger partial charge in [-0.3, -0.25) is 9.59 Å². The lowest BCUT2D eigenvalue weighted by Crippen LogP contribution is -2.38. The first kappa shape index (κ1) is 18.4. The maximum Gasteiger partial charge on any atom is 0.254 e. The molecule has 1 aromatic rings. The quantitative estimate of drug-likeness (QED) is 0.894. The van der Waals surface area contributed by atoms with E-state index in [-0.39, 0.29) is 11.8 Å². The average molecular weight is 364 g/mol. The zero-order chi connectivity index (χ0) is 17.6. The Kier molecular flexibility index (Phi) is 6.48. The summed E-state index contributed by atoms with van der Waals surface area (Å²) in [6, 6.07) is 1.88. The molecule has 0 aromatic carbocycles. The van der Waals surface area contributed by atoms with Gasteiger partial charge in [0.05, 0.1) is 5.56 Å². The fourth-order valence-corrected chi connectivity index (χ4v) is 4.55. The van der Waals surface area contributed by atoms with E-state index in [2.05, 4.69) is 12.2 Å². The van der Waals surface area contributed by atoms with Crippen molar-refractivity contribution < 1.29 is 9.59 Å². The van der Waals surface area contributed by atoms with Crippen molar-refractivity contribution in [1.29, 1.82) is 0 Å². The molecule has 3 heterocycles. The highest BCUT2D eigenvalue weighted by atomic mass is 32.1. The summed E-state index contributed by atoms with van der Waals surface area (Å²) >= 11 is 1.55. The van der Waals surface area contributed by atoms with Crippen LogP contribution < -0.4 is 5.32 Å². The van der Waals surface area contributed by atoms with Crippen LogP contribution in [0.25, 0.3) is 0 Å². The molecule has 1 aromatic heterocycles. The van der Waals surface area contributed by atoms with Crippen LogP contribution in [0.15, 0.2) is 16.8 Å². The molecule has 1 atom stereocenters. The molecule has 0 aliphatic carbocycles. The number of carbonyl (C=O) groups excluding carboxylic acids is 2. The van der Waals surface area contributed by atoms with E-state index in [0.717, 1.165) is 38.2 Å². The molecule has 2 saturated heterocycles. The van der Waals surface area contributed by atoms with Crippen LogP contribution >= 0.6 is 11.3 Å². The molecule has 1 N–H and O–H groups in total. The summed E-state index contributed by atoms with van der Waals surface area (Å²) in [6.07, 6.45) is 3.86. The van der Waals surface area contributed by atoms with Gasteiger partial charge in [-0.1, -0.05) is 6.92 Å². The van der Waals surface area contributed by atoms with Gasteiger partial charge in [0.1, 0.15) is 0 Å². The molecule has 2 amide bonds. The molecule has 2 aliphatic heterocycles. The molecule has 5 nitrogen and oxygen atoms in total. The zero-order valence-electron chi connectivity index (χ0n) is 15.1. The minimum atomic E-state index is 0.0959. The zero-order valence-corrected chi connectivity index (χ0v) is 15.9. The standard InChI is InChI=1S/C19H29N3O2S/c1-15(16-3-6-20-7-4-16)13-18(23)21-8-2-9-22(11-10-21)19(24)17-5-12-25-14-17/h5,12,14-16,20H,2-4,6-11,13H2,1H3. The van der Waals surface area contributed by atoms with Gasteiger partial charge in [-0.15, -0.1) is 0 Å². The van der Waals surface area contributed by atoms with Crippen LogP contribution in [0.3, 0.4) is 0 Å². The first-order chi connectivity index (χ1) is 12.1. The van der Waals surface area contributed by atoms with E-state index < -0.39 is 0 Å². The van der Waals surface area contributed by atoms with Crippen LogP contribution in [0.4, 0.5) is 0 Å². The Bertz CT molecular complexity index is 569. The van der Waals surface area contributed by atoms with Gasteiger partial charge in [-0.25, -0.2) is 0 Å². The van der Waals surface area contributed by atoms with Crippen molar-refractivity contribution in [1.82, 2.24) is 15.1 Å². The third-order valence-corrected chi connectivity index (χ3v) is 6.27. The highest BCUT2D eigenvalue weighted by Gasteiger charge is 2.26. The lowest BCUT2D eigenvalue weighted by Gasteiger charge is -2.30. The van der Waals surface area contributed by atoms with Crippen molar-refractivity contribution >= 4 is 23.2 Å². The smallest absolute Gasteiger partial charge is 0.254 e. The van der Waals surface area contributed by atoms with Crippen LogP contribution in [0.1, 0.15) is 43.0 Å². The van der Waals surface area contributed by atoms with Crippen LogP contribution in [0, 0.1) is 11.8 Å². The number of hydrogen-bond donors (Lipinski definition) is 1. The summed E-state index contributed by atoms with van der Waals surface area (Å²) < 4.78 is 0. The maximum atomic E-state index is 12.7. The Morgan fingerprint density at radius 3 is 2.64 bits per heavy atom. The summed E-state index contributed by atoms with van der Waals surface area (Å²) in [5.41, 5.74) is 0.768. The van der Waals surface area contributed by atoms with Crippen molar-refractivity contribution in [2.75, 3.05) is 39.3 Å². The second kappa shape index (κ2) is 8.81. The van der Waals surface area contributed by atoms with E-state index in [4.69, 9.17) is 0 Å². The molecular formula is C19H29N3O2S. The van der Waals surface area contributed by atoms with E-state index in [1.165, 1.54) is 12.8 Å². The number of carbonyl (C=O) groups is 2. The second-order valence-electron chi connectivity index (χ2n) is 7.31. The number of nitrogens with zero attached hydrogens (tertiary/aromatic N) is 2. The summed E-state index contributed by atoms with van der Waals surface area (Å²) in [5.74, 6) is 1.46. The third kappa shape index (κ3) is 4.82. The summed E-state index contributed by atoms with van der Waals surface area (Å²) in [6.45, 7) is 7.18. The Hall–Kier alpha value is -1.40. The van der Waals surface area contributed by atoms with Crippen molar-refractivity contribution in [3.05, 3.63) is 22.4 Å². The molecule has 2 fully saturated rings. The highest BCUT2D eigenvalue weighted by molar-refractivity contribution is 7.08. The van der Waals surface area contributed by atoms with E-state index in [1.54, 1.807) is 11.3 Å². The Morgan fingerprint density at radius 1 is 1.20 bits per heavy atom. The van der Waals surface area contributed by atoms with Gasteiger partial charge >= 0.3 is 0 Å². The van der Waals surface area contributed by atoms with Crippen molar-refractivity contribution in [3.8, 4) is 0 Å². The van der Waals surface area contributed by atoms with E-state index in [9.17, 15) is 9.59 Å². The molecule has 0 radical (unpaired) electrons. The molecule has 25 heavy (non-hydrogen) atoms. The van der Waals surface area contributed by atoms with Crippen molar-refractivity contribution in [2.24, 2.45) is 11.8 Å². The van der Waals surface area contributed by atoms with Crippen LogP contribution in [-0.4, -0.2) is 60.9 Å². The summed E-state index contributed by atoms with van der Waals surface area (Å²) in [5, 5.41) is 7.22. The van der Waals surface area contributed by atoms with Crippen LogP contribution in [-0.2, 0) is 4.79 Å². The fraction of sp³-hybridized carbons (Fsp3) is 0.684. The largest absolute Gasteiger partial charge is 0.341 e. The molecule has 0 bridgehead atoms. The summed E-state index contributed by atoms with van der Waals surface area (Å²) in [7, 11) is 0. The molecular weight excluding hydrogens is 334 g/mol. The number of thiophene rings is 1. The van der Waals surface area contributed by atoms with E-state index in [0.29, 0.717) is 31.3 Å². The first-order valence-corrected chi connectivity index (χ1v) is 10.4. The van der Waals surface area contributed by atoms with Gasteiger partial charge in [-0.2, -0.15) is 11.3 Å². The molecule has 138 valence electrons. The molecule has 1 unspecified atom stereocenters. The van der Waals surface area contributed by atoms with E-state index in [1.807, 2.05) is 26.6 Å².